The molecule has 0 atom stereocenters. The number of nitrogens with one attached hydrogen (secondary N) is 1. The molecule has 0 spiro atoms. The summed E-state index contributed by atoms with van der Waals surface area (Å²) in [6, 6.07) is 3.83. The van der Waals surface area contributed by atoms with Crippen LogP contribution in [0.5, 0.6) is 0 Å². The van der Waals surface area contributed by atoms with Gasteiger partial charge in [0.25, 0.3) is 0 Å². The number of halogens is 2. The molecule has 2 rings (SSSR count). The van der Waals surface area contributed by atoms with Gasteiger partial charge in [-0.2, -0.15) is 5.10 Å². The maximum absolute atomic E-state index is 6.09. The van der Waals surface area contributed by atoms with E-state index in [4.69, 9.17) is 17.3 Å². The average Bonchev–Trinajstić information content (AvgIpc) is 2.58. The van der Waals surface area contributed by atoms with Gasteiger partial charge in [-0.3, -0.25) is 5.10 Å². The molecule has 0 aliphatic rings. The smallest absolute Gasteiger partial charge is 0.126 e. The molecule has 3 nitrogen and oxygen atoms in total. The van der Waals surface area contributed by atoms with Crippen molar-refractivity contribution in [2.24, 2.45) is 0 Å². The quantitative estimate of drug-likeness (QED) is 0.844. The highest BCUT2D eigenvalue weighted by atomic mass is 79.9. The zero-order valence-electron chi connectivity index (χ0n) is 8.01. The fourth-order valence-electron chi connectivity index (χ4n) is 1.44. The monoisotopic (exact) mass is 285 g/mol. The van der Waals surface area contributed by atoms with E-state index in [1.807, 2.05) is 19.1 Å². The van der Waals surface area contributed by atoms with Crippen LogP contribution >= 0.6 is 27.5 Å². The standard InChI is InChI=1S/C10H9BrClN3/c1-5-7(2-6(11)3-9(5)12)8-4-14-15-10(8)13/h2-4H,1H3,(H3,13,14,15). The number of benzene rings is 1. The summed E-state index contributed by atoms with van der Waals surface area (Å²) in [6.45, 7) is 1.95. The van der Waals surface area contributed by atoms with Gasteiger partial charge in [-0.25, -0.2) is 0 Å². The highest BCUT2D eigenvalue weighted by Crippen LogP contribution is 2.33. The molecular weight excluding hydrogens is 277 g/mol. The van der Waals surface area contributed by atoms with Gasteiger partial charge in [-0.05, 0) is 30.2 Å². The molecule has 0 unspecified atom stereocenters. The fourth-order valence-corrected chi connectivity index (χ4v) is 2.25. The van der Waals surface area contributed by atoms with Crippen LogP contribution < -0.4 is 5.73 Å². The Morgan fingerprint density at radius 1 is 1.40 bits per heavy atom. The number of nitrogens with two attached hydrogens (primary N) is 1. The molecule has 0 aliphatic heterocycles. The summed E-state index contributed by atoms with van der Waals surface area (Å²) >= 11 is 9.49. The summed E-state index contributed by atoms with van der Waals surface area (Å²) in [6.07, 6.45) is 1.69. The van der Waals surface area contributed by atoms with Crippen molar-refractivity contribution in [3.05, 3.63) is 33.4 Å². The van der Waals surface area contributed by atoms with E-state index in [0.29, 0.717) is 10.8 Å². The van der Waals surface area contributed by atoms with Gasteiger partial charge in [-0.1, -0.05) is 27.5 Å². The van der Waals surface area contributed by atoms with E-state index in [-0.39, 0.29) is 0 Å². The van der Waals surface area contributed by atoms with Crippen molar-refractivity contribution >= 4 is 33.3 Å². The van der Waals surface area contributed by atoms with E-state index in [9.17, 15) is 0 Å². The molecule has 5 heteroatoms. The third kappa shape index (κ3) is 1.87. The molecule has 0 amide bonds. The Hall–Kier alpha value is -1.00. The van der Waals surface area contributed by atoms with Crippen molar-refractivity contribution in [3.63, 3.8) is 0 Å². The van der Waals surface area contributed by atoms with Gasteiger partial charge >= 0.3 is 0 Å². The van der Waals surface area contributed by atoms with E-state index in [2.05, 4.69) is 26.1 Å². The number of nitrogen functional groups attached to an aromatic ring is 1. The molecule has 0 bridgehead atoms. The second-order valence-corrected chi connectivity index (χ2v) is 4.58. The van der Waals surface area contributed by atoms with Gasteiger partial charge in [0.2, 0.25) is 0 Å². The van der Waals surface area contributed by atoms with E-state index in [1.54, 1.807) is 6.20 Å². The lowest BCUT2D eigenvalue weighted by Gasteiger charge is -2.07. The van der Waals surface area contributed by atoms with Crippen molar-refractivity contribution in [1.29, 1.82) is 0 Å². The Kier molecular flexibility index (Phi) is 2.71. The molecule has 0 saturated heterocycles. The number of rotatable bonds is 1. The third-order valence-electron chi connectivity index (χ3n) is 2.27. The largest absolute Gasteiger partial charge is 0.384 e. The Morgan fingerprint density at radius 3 is 2.73 bits per heavy atom. The summed E-state index contributed by atoms with van der Waals surface area (Å²) < 4.78 is 0.925. The predicted molar refractivity (Wildman–Crippen MR) is 65.9 cm³/mol. The zero-order chi connectivity index (χ0) is 11.0. The molecule has 1 heterocycles. The zero-order valence-corrected chi connectivity index (χ0v) is 10.4. The van der Waals surface area contributed by atoms with Gasteiger partial charge < -0.3 is 5.73 Å². The molecule has 1 aromatic carbocycles. The second-order valence-electron chi connectivity index (χ2n) is 3.26. The first-order valence-corrected chi connectivity index (χ1v) is 5.51. The minimum absolute atomic E-state index is 0.548. The first kappa shape index (κ1) is 10.5. The van der Waals surface area contributed by atoms with Crippen LogP contribution in [0.15, 0.2) is 22.8 Å². The lowest BCUT2D eigenvalue weighted by Crippen LogP contribution is -1.90. The maximum Gasteiger partial charge on any atom is 0.126 e. The number of anilines is 1. The first-order chi connectivity index (χ1) is 7.09. The van der Waals surface area contributed by atoms with Crippen LogP contribution in [0.1, 0.15) is 5.56 Å². The highest BCUT2D eigenvalue weighted by Gasteiger charge is 2.10. The number of nitrogens with zero attached hydrogens (tertiary/aromatic N) is 1. The van der Waals surface area contributed by atoms with Crippen molar-refractivity contribution in [2.45, 2.75) is 6.92 Å². The molecular formula is C10H9BrClN3. The van der Waals surface area contributed by atoms with Crippen molar-refractivity contribution in [1.82, 2.24) is 10.2 Å². The van der Waals surface area contributed by atoms with Crippen LogP contribution in [-0.4, -0.2) is 10.2 Å². The molecule has 0 fully saturated rings. The highest BCUT2D eigenvalue weighted by molar-refractivity contribution is 9.10. The van der Waals surface area contributed by atoms with E-state index in [0.717, 1.165) is 21.2 Å². The molecule has 2 aromatic rings. The lowest BCUT2D eigenvalue weighted by atomic mass is 10.0. The third-order valence-corrected chi connectivity index (χ3v) is 3.12. The van der Waals surface area contributed by atoms with Gasteiger partial charge in [-0.15, -0.1) is 0 Å². The number of hydrogen-bond donors (Lipinski definition) is 2. The summed E-state index contributed by atoms with van der Waals surface area (Å²) in [5.74, 6) is 0.548. The predicted octanol–water partition coefficient (Wildman–Crippen LogP) is 3.38. The fraction of sp³-hybridized carbons (Fsp3) is 0.100. The summed E-state index contributed by atoms with van der Waals surface area (Å²) in [4.78, 5) is 0. The van der Waals surface area contributed by atoms with Crippen molar-refractivity contribution in [2.75, 3.05) is 5.73 Å². The van der Waals surface area contributed by atoms with Gasteiger partial charge in [0, 0.05) is 15.1 Å². The Labute approximate surface area is 101 Å². The number of aromatic nitrogens is 2. The molecule has 0 aliphatic carbocycles. The van der Waals surface area contributed by atoms with Crippen LogP contribution in [0, 0.1) is 6.92 Å². The first-order valence-electron chi connectivity index (χ1n) is 4.34. The van der Waals surface area contributed by atoms with Crippen LogP contribution in [0.25, 0.3) is 11.1 Å². The summed E-state index contributed by atoms with van der Waals surface area (Å²) in [7, 11) is 0. The molecule has 0 radical (unpaired) electrons. The Balaban J connectivity index is 2.68. The average molecular weight is 287 g/mol. The number of aromatic amines is 1. The molecule has 15 heavy (non-hydrogen) atoms. The van der Waals surface area contributed by atoms with Gasteiger partial charge in [0.1, 0.15) is 5.82 Å². The van der Waals surface area contributed by atoms with Crippen LogP contribution in [-0.2, 0) is 0 Å². The molecule has 0 saturated carbocycles. The van der Waals surface area contributed by atoms with E-state index in [1.165, 1.54) is 0 Å². The lowest BCUT2D eigenvalue weighted by molar-refractivity contribution is 1.10. The summed E-state index contributed by atoms with van der Waals surface area (Å²) in [5, 5.41) is 7.30. The normalized spacial score (nSPS) is 10.6. The SMILES string of the molecule is Cc1c(Cl)cc(Br)cc1-c1cn[nH]c1N. The van der Waals surface area contributed by atoms with Crippen molar-refractivity contribution < 1.29 is 0 Å². The van der Waals surface area contributed by atoms with Crippen molar-refractivity contribution in [3.8, 4) is 11.1 Å². The molecule has 3 N–H and O–H groups in total. The topological polar surface area (TPSA) is 54.7 Å². The minimum atomic E-state index is 0.548. The van der Waals surface area contributed by atoms with E-state index < -0.39 is 0 Å². The molecule has 78 valence electrons. The Bertz CT molecular complexity index is 507. The number of H-pyrrole nitrogens is 1. The van der Waals surface area contributed by atoms with Gasteiger partial charge in [0.05, 0.1) is 6.20 Å². The van der Waals surface area contributed by atoms with Crippen LogP contribution in [0.2, 0.25) is 5.02 Å². The van der Waals surface area contributed by atoms with E-state index >= 15 is 0 Å². The molecule has 1 aromatic heterocycles. The van der Waals surface area contributed by atoms with Gasteiger partial charge in [0.15, 0.2) is 0 Å². The summed E-state index contributed by atoms with van der Waals surface area (Å²) in [5.41, 5.74) is 8.62. The maximum atomic E-state index is 6.09. The van der Waals surface area contributed by atoms with Crippen LogP contribution in [0.4, 0.5) is 5.82 Å². The minimum Gasteiger partial charge on any atom is -0.384 e. The second kappa shape index (κ2) is 3.87. The van der Waals surface area contributed by atoms with Crippen LogP contribution in [0.3, 0.4) is 0 Å². The number of hydrogen-bond acceptors (Lipinski definition) is 2. The Morgan fingerprint density at radius 2 is 2.13 bits per heavy atom.